The average Bonchev–Trinajstić information content (AvgIpc) is 2.99. The summed E-state index contributed by atoms with van der Waals surface area (Å²) in [4.78, 5) is 25.8. The second-order valence-corrected chi connectivity index (χ2v) is 5.72. The summed E-state index contributed by atoms with van der Waals surface area (Å²) in [5.74, 6) is -1.29. The van der Waals surface area contributed by atoms with E-state index in [2.05, 4.69) is 6.08 Å². The Morgan fingerprint density at radius 2 is 1.61 bits per heavy atom. The Labute approximate surface area is 107 Å². The Kier molecular flexibility index (Phi) is 2.88. The predicted octanol–water partition coefficient (Wildman–Crippen LogP) is 1.52. The molecule has 0 spiro atoms. The molecule has 4 heteroatoms. The third-order valence-corrected chi connectivity index (χ3v) is 4.70. The Morgan fingerprint density at radius 1 is 1.00 bits per heavy atom. The Balaban J connectivity index is 1.79. The molecular formula is C14H19NO3. The molecule has 0 aromatic rings. The third-order valence-electron chi connectivity index (χ3n) is 4.70. The molecule has 4 nitrogen and oxygen atoms in total. The van der Waals surface area contributed by atoms with Crippen molar-refractivity contribution in [3.05, 3.63) is 12.2 Å². The number of allylic oxidation sites excluding steroid dienone is 2. The van der Waals surface area contributed by atoms with Gasteiger partial charge in [-0.1, -0.05) is 12.2 Å². The Hall–Kier alpha value is -1.32. The first-order valence-corrected chi connectivity index (χ1v) is 6.88. The van der Waals surface area contributed by atoms with Crippen molar-refractivity contribution in [1.82, 2.24) is 4.90 Å². The number of aliphatic carboxylic acids is 1. The number of nitrogens with zero attached hydrogens (tertiary/aromatic N) is 1. The summed E-state index contributed by atoms with van der Waals surface area (Å²) in [7, 11) is 0. The highest BCUT2D eigenvalue weighted by atomic mass is 16.4. The van der Waals surface area contributed by atoms with Gasteiger partial charge < -0.3 is 10.0 Å². The molecule has 0 radical (unpaired) electrons. The summed E-state index contributed by atoms with van der Waals surface area (Å²) in [6, 6.07) is 0. The SMILES string of the molecule is O=C(O)[C@H]1[C@@H](C(=O)N2CCCCC2)[C@H]2C=C[C@H]1C2. The van der Waals surface area contributed by atoms with Gasteiger partial charge in [0.25, 0.3) is 0 Å². The molecule has 0 aromatic carbocycles. The molecule has 3 rings (SSSR count). The van der Waals surface area contributed by atoms with Crippen LogP contribution in [0.4, 0.5) is 0 Å². The van der Waals surface area contributed by atoms with Crippen LogP contribution in [-0.4, -0.2) is 35.0 Å². The molecule has 1 saturated carbocycles. The van der Waals surface area contributed by atoms with E-state index in [0.717, 1.165) is 32.4 Å². The van der Waals surface area contributed by atoms with Crippen LogP contribution in [0.2, 0.25) is 0 Å². The molecule has 2 bridgehead atoms. The van der Waals surface area contributed by atoms with Gasteiger partial charge in [-0.05, 0) is 37.5 Å². The van der Waals surface area contributed by atoms with Crippen molar-refractivity contribution in [1.29, 1.82) is 0 Å². The van der Waals surface area contributed by atoms with Crippen LogP contribution < -0.4 is 0 Å². The molecule has 2 aliphatic carbocycles. The van der Waals surface area contributed by atoms with Crippen molar-refractivity contribution in [2.45, 2.75) is 25.7 Å². The molecule has 3 aliphatic rings. The zero-order valence-corrected chi connectivity index (χ0v) is 10.4. The lowest BCUT2D eigenvalue weighted by atomic mass is 9.82. The molecular weight excluding hydrogens is 230 g/mol. The second-order valence-electron chi connectivity index (χ2n) is 5.72. The minimum Gasteiger partial charge on any atom is -0.481 e. The lowest BCUT2D eigenvalue weighted by molar-refractivity contribution is -0.151. The molecule has 18 heavy (non-hydrogen) atoms. The second kappa shape index (κ2) is 4.41. The number of hydrogen-bond acceptors (Lipinski definition) is 2. The average molecular weight is 249 g/mol. The van der Waals surface area contributed by atoms with Crippen molar-refractivity contribution in [2.24, 2.45) is 23.7 Å². The standard InChI is InChI=1S/C14H19NO3/c16-13(15-6-2-1-3-7-15)11-9-4-5-10(8-9)12(11)14(17)18/h4-5,9-12H,1-3,6-8H2,(H,17,18)/t9-,10-,11-,12+/m0/s1. The maximum Gasteiger partial charge on any atom is 0.307 e. The van der Waals surface area contributed by atoms with Crippen LogP contribution in [0.5, 0.6) is 0 Å². The van der Waals surface area contributed by atoms with Crippen molar-refractivity contribution < 1.29 is 14.7 Å². The minimum atomic E-state index is -0.804. The van der Waals surface area contributed by atoms with Crippen molar-refractivity contribution in [3.8, 4) is 0 Å². The maximum atomic E-state index is 12.5. The molecule has 98 valence electrons. The first-order valence-electron chi connectivity index (χ1n) is 6.88. The number of hydrogen-bond donors (Lipinski definition) is 1. The summed E-state index contributed by atoms with van der Waals surface area (Å²) in [5, 5.41) is 9.35. The first kappa shape index (κ1) is 11.8. The molecule has 4 atom stereocenters. The summed E-state index contributed by atoms with van der Waals surface area (Å²) >= 11 is 0. The van der Waals surface area contributed by atoms with Gasteiger partial charge in [0, 0.05) is 13.1 Å². The van der Waals surface area contributed by atoms with Gasteiger partial charge in [-0.3, -0.25) is 9.59 Å². The molecule has 0 aromatic heterocycles. The number of fused-ring (bicyclic) bond motifs is 2. The summed E-state index contributed by atoms with van der Waals surface area (Å²) < 4.78 is 0. The van der Waals surface area contributed by atoms with E-state index >= 15 is 0 Å². The van der Waals surface area contributed by atoms with Crippen LogP contribution >= 0.6 is 0 Å². The Bertz CT molecular complexity index is 398. The van der Waals surface area contributed by atoms with Gasteiger partial charge in [-0.25, -0.2) is 0 Å². The fourth-order valence-electron chi connectivity index (χ4n) is 3.82. The van der Waals surface area contributed by atoms with Gasteiger partial charge in [0.15, 0.2) is 0 Å². The van der Waals surface area contributed by atoms with Gasteiger partial charge in [-0.2, -0.15) is 0 Å². The summed E-state index contributed by atoms with van der Waals surface area (Å²) in [5.41, 5.74) is 0. The van der Waals surface area contributed by atoms with E-state index in [1.165, 1.54) is 6.42 Å². The molecule has 1 heterocycles. The smallest absolute Gasteiger partial charge is 0.307 e. The third kappa shape index (κ3) is 1.74. The van der Waals surface area contributed by atoms with Gasteiger partial charge in [0.2, 0.25) is 5.91 Å². The minimum absolute atomic E-state index is 0.0752. The first-order chi connectivity index (χ1) is 8.68. The quantitative estimate of drug-likeness (QED) is 0.755. The number of rotatable bonds is 2. The molecule has 1 aliphatic heterocycles. The number of carboxylic acids is 1. The van der Waals surface area contributed by atoms with Gasteiger partial charge in [-0.15, -0.1) is 0 Å². The van der Waals surface area contributed by atoms with Crippen molar-refractivity contribution >= 4 is 11.9 Å². The van der Waals surface area contributed by atoms with E-state index in [9.17, 15) is 14.7 Å². The summed E-state index contributed by atoms with van der Waals surface area (Å²) in [6.07, 6.45) is 8.18. The zero-order valence-electron chi connectivity index (χ0n) is 10.4. The Morgan fingerprint density at radius 3 is 2.22 bits per heavy atom. The fraction of sp³-hybridized carbons (Fsp3) is 0.714. The number of piperidine rings is 1. The largest absolute Gasteiger partial charge is 0.481 e. The number of amides is 1. The highest BCUT2D eigenvalue weighted by Gasteiger charge is 2.52. The van der Waals surface area contributed by atoms with Crippen LogP contribution in [0.25, 0.3) is 0 Å². The van der Waals surface area contributed by atoms with E-state index in [4.69, 9.17) is 0 Å². The van der Waals surface area contributed by atoms with E-state index in [0.29, 0.717) is 0 Å². The molecule has 1 saturated heterocycles. The monoisotopic (exact) mass is 249 g/mol. The molecule has 1 amide bonds. The number of carbonyl (C=O) groups excluding carboxylic acids is 1. The van der Waals surface area contributed by atoms with Gasteiger partial charge in [0.05, 0.1) is 11.8 Å². The van der Waals surface area contributed by atoms with E-state index < -0.39 is 11.9 Å². The van der Waals surface area contributed by atoms with Crippen LogP contribution in [0, 0.1) is 23.7 Å². The van der Waals surface area contributed by atoms with Crippen LogP contribution in [0.15, 0.2) is 12.2 Å². The lowest BCUT2D eigenvalue weighted by Crippen LogP contribution is -2.44. The van der Waals surface area contributed by atoms with Crippen LogP contribution in [-0.2, 0) is 9.59 Å². The van der Waals surface area contributed by atoms with Gasteiger partial charge >= 0.3 is 5.97 Å². The van der Waals surface area contributed by atoms with Crippen molar-refractivity contribution in [3.63, 3.8) is 0 Å². The van der Waals surface area contributed by atoms with E-state index in [1.54, 1.807) is 0 Å². The molecule has 1 N–H and O–H groups in total. The maximum absolute atomic E-state index is 12.5. The topological polar surface area (TPSA) is 57.6 Å². The number of carboxylic acid groups (broad SMARTS) is 1. The highest BCUT2D eigenvalue weighted by Crippen LogP contribution is 2.48. The lowest BCUT2D eigenvalue weighted by Gasteiger charge is -2.33. The number of likely N-dealkylation sites (tertiary alicyclic amines) is 1. The molecule has 0 unspecified atom stereocenters. The highest BCUT2D eigenvalue weighted by molar-refractivity contribution is 5.87. The predicted molar refractivity (Wildman–Crippen MR) is 65.8 cm³/mol. The van der Waals surface area contributed by atoms with Crippen LogP contribution in [0.3, 0.4) is 0 Å². The van der Waals surface area contributed by atoms with E-state index in [1.807, 2.05) is 11.0 Å². The normalized spacial score (nSPS) is 38.1. The summed E-state index contributed by atoms with van der Waals surface area (Å²) in [6.45, 7) is 1.62. The number of carbonyl (C=O) groups is 2. The fourth-order valence-corrected chi connectivity index (χ4v) is 3.82. The van der Waals surface area contributed by atoms with E-state index in [-0.39, 0.29) is 23.7 Å². The zero-order chi connectivity index (χ0) is 12.7. The van der Waals surface area contributed by atoms with Crippen LogP contribution in [0.1, 0.15) is 25.7 Å². The van der Waals surface area contributed by atoms with Crippen molar-refractivity contribution in [2.75, 3.05) is 13.1 Å². The van der Waals surface area contributed by atoms with Gasteiger partial charge in [0.1, 0.15) is 0 Å². The molecule has 2 fully saturated rings.